The molecule has 2 heterocycles. The van der Waals surface area contributed by atoms with E-state index in [1.165, 1.54) is 5.56 Å². The van der Waals surface area contributed by atoms with E-state index >= 15 is 0 Å². The third-order valence-electron chi connectivity index (χ3n) is 6.08. The number of likely N-dealkylation sites (tertiary alicyclic amines) is 1. The van der Waals surface area contributed by atoms with Crippen LogP contribution in [0, 0.1) is 12.8 Å². The summed E-state index contributed by atoms with van der Waals surface area (Å²) in [7, 11) is 0. The van der Waals surface area contributed by atoms with Crippen LogP contribution in [0.3, 0.4) is 0 Å². The minimum atomic E-state index is 0.00194. The molecule has 3 aromatic rings. The predicted molar refractivity (Wildman–Crippen MR) is 125 cm³/mol. The summed E-state index contributed by atoms with van der Waals surface area (Å²) in [5.74, 6) is 1.37. The summed E-state index contributed by atoms with van der Waals surface area (Å²) in [5, 5.41) is 7.36. The number of hydrogen-bond donors (Lipinski definition) is 1. The number of hydrogen-bond acceptors (Lipinski definition) is 5. The molecule has 1 aromatic heterocycles. The lowest BCUT2D eigenvalue weighted by molar-refractivity contribution is -0.127. The summed E-state index contributed by atoms with van der Waals surface area (Å²) in [6.45, 7) is 6.37. The maximum absolute atomic E-state index is 12.8. The Labute approximate surface area is 190 Å². The molecule has 1 fully saturated rings. The number of nitrogens with zero attached hydrogens (tertiary/aromatic N) is 3. The Kier molecular flexibility index (Phi) is 7.32. The Morgan fingerprint density at radius 2 is 2.06 bits per heavy atom. The largest absolute Gasteiger partial charge is 0.353 e. The molecule has 168 valence electrons. The van der Waals surface area contributed by atoms with Gasteiger partial charge in [0.25, 0.3) is 0 Å². The zero-order valence-electron chi connectivity index (χ0n) is 19.0. The fourth-order valence-electron chi connectivity index (χ4n) is 4.29. The Balaban J connectivity index is 1.27. The van der Waals surface area contributed by atoms with Crippen LogP contribution in [0.15, 0.2) is 59.1 Å². The fourth-order valence-corrected chi connectivity index (χ4v) is 4.29. The molecular formula is C26H32N4O2. The number of carbonyl (C=O) groups excluding carboxylic acids is 1. The summed E-state index contributed by atoms with van der Waals surface area (Å²) in [6.07, 6.45) is 3.83. The molecule has 2 aromatic carbocycles. The van der Waals surface area contributed by atoms with Gasteiger partial charge in [0, 0.05) is 18.2 Å². The van der Waals surface area contributed by atoms with Gasteiger partial charge in [-0.1, -0.05) is 59.3 Å². The average Bonchev–Trinajstić information content (AvgIpc) is 3.27. The average molecular weight is 433 g/mol. The van der Waals surface area contributed by atoms with E-state index in [2.05, 4.69) is 57.6 Å². The van der Waals surface area contributed by atoms with Gasteiger partial charge in [-0.15, -0.1) is 0 Å². The molecule has 1 saturated heterocycles. The number of rotatable bonds is 8. The first-order valence-electron chi connectivity index (χ1n) is 11.5. The van der Waals surface area contributed by atoms with E-state index in [0.717, 1.165) is 49.9 Å². The Bertz CT molecular complexity index is 1020. The van der Waals surface area contributed by atoms with E-state index in [9.17, 15) is 4.79 Å². The zero-order chi connectivity index (χ0) is 22.3. The summed E-state index contributed by atoms with van der Waals surface area (Å²) in [6, 6.07) is 18.7. The van der Waals surface area contributed by atoms with E-state index in [1.54, 1.807) is 0 Å². The monoisotopic (exact) mass is 432 g/mol. The van der Waals surface area contributed by atoms with Gasteiger partial charge in [-0.2, -0.15) is 4.98 Å². The van der Waals surface area contributed by atoms with E-state index in [4.69, 9.17) is 4.52 Å². The summed E-state index contributed by atoms with van der Waals surface area (Å²) in [5.41, 5.74) is 3.43. The molecule has 4 rings (SSSR count). The molecule has 1 amide bonds. The molecule has 0 aliphatic carbocycles. The Morgan fingerprint density at radius 1 is 1.22 bits per heavy atom. The van der Waals surface area contributed by atoms with Crippen LogP contribution in [0.25, 0.3) is 11.4 Å². The minimum Gasteiger partial charge on any atom is -0.353 e. The molecule has 0 bridgehead atoms. The van der Waals surface area contributed by atoms with E-state index in [1.807, 2.05) is 31.2 Å². The van der Waals surface area contributed by atoms with Gasteiger partial charge in [-0.25, -0.2) is 0 Å². The molecule has 1 N–H and O–H groups in total. The number of carbonyl (C=O) groups is 1. The summed E-state index contributed by atoms with van der Waals surface area (Å²) in [4.78, 5) is 19.7. The van der Waals surface area contributed by atoms with Gasteiger partial charge in [0.15, 0.2) is 0 Å². The highest BCUT2D eigenvalue weighted by Crippen LogP contribution is 2.21. The van der Waals surface area contributed by atoms with Crippen molar-refractivity contribution in [1.29, 1.82) is 0 Å². The quantitative estimate of drug-likeness (QED) is 0.571. The van der Waals surface area contributed by atoms with Gasteiger partial charge >= 0.3 is 0 Å². The van der Waals surface area contributed by atoms with Crippen LogP contribution in [-0.2, 0) is 17.8 Å². The van der Waals surface area contributed by atoms with Crippen molar-refractivity contribution in [1.82, 2.24) is 20.4 Å². The van der Waals surface area contributed by atoms with Crippen molar-refractivity contribution in [3.8, 4) is 11.4 Å². The predicted octanol–water partition coefficient (Wildman–Crippen LogP) is 4.39. The van der Waals surface area contributed by atoms with Gasteiger partial charge in [0.05, 0.1) is 12.5 Å². The first kappa shape index (κ1) is 22.2. The van der Waals surface area contributed by atoms with E-state index < -0.39 is 0 Å². The normalized spacial score (nSPS) is 17.8. The van der Waals surface area contributed by atoms with E-state index in [-0.39, 0.29) is 17.9 Å². The van der Waals surface area contributed by atoms with Crippen LogP contribution in [0.1, 0.15) is 43.2 Å². The van der Waals surface area contributed by atoms with Crippen LogP contribution in [0.2, 0.25) is 0 Å². The third-order valence-corrected chi connectivity index (χ3v) is 6.08. The molecule has 2 unspecified atom stereocenters. The highest BCUT2D eigenvalue weighted by molar-refractivity contribution is 5.79. The molecule has 2 atom stereocenters. The van der Waals surface area contributed by atoms with Crippen molar-refractivity contribution >= 4 is 5.91 Å². The topological polar surface area (TPSA) is 71.3 Å². The van der Waals surface area contributed by atoms with Crippen molar-refractivity contribution in [3.05, 3.63) is 71.6 Å². The maximum Gasteiger partial charge on any atom is 0.241 e. The van der Waals surface area contributed by atoms with Crippen LogP contribution < -0.4 is 5.32 Å². The first-order chi connectivity index (χ1) is 15.6. The second-order valence-electron chi connectivity index (χ2n) is 8.89. The smallest absolute Gasteiger partial charge is 0.241 e. The molecule has 0 saturated carbocycles. The van der Waals surface area contributed by atoms with Crippen LogP contribution in [0.5, 0.6) is 0 Å². The Hall–Kier alpha value is -2.99. The summed E-state index contributed by atoms with van der Waals surface area (Å²) >= 11 is 0. The fraction of sp³-hybridized carbons (Fsp3) is 0.423. The third kappa shape index (κ3) is 6.04. The zero-order valence-corrected chi connectivity index (χ0v) is 19.0. The molecule has 1 aliphatic heterocycles. The first-order valence-corrected chi connectivity index (χ1v) is 11.5. The molecular weight excluding hydrogens is 400 g/mol. The molecule has 1 aliphatic rings. The molecule has 6 nitrogen and oxygen atoms in total. The second kappa shape index (κ2) is 10.6. The van der Waals surface area contributed by atoms with Gasteiger partial charge in [-0.3, -0.25) is 9.69 Å². The standard InChI is InChI=1S/C26H32N4O2/c1-19-8-6-11-22(16-19)25-28-24(32-29-25)18-30-15-7-12-23(17-30)26(31)27-20(2)13-14-21-9-4-3-5-10-21/h3-6,8-11,16,20,23H,7,12-15,17-18H2,1-2H3,(H,27,31). The minimum absolute atomic E-state index is 0.00194. The van der Waals surface area contributed by atoms with Crippen molar-refractivity contribution in [2.24, 2.45) is 5.92 Å². The molecule has 0 radical (unpaired) electrons. The van der Waals surface area contributed by atoms with Crippen LogP contribution in [-0.4, -0.2) is 40.1 Å². The number of aromatic nitrogens is 2. The number of nitrogens with one attached hydrogen (secondary N) is 1. The van der Waals surface area contributed by atoms with Gasteiger partial charge in [0.1, 0.15) is 0 Å². The van der Waals surface area contributed by atoms with E-state index in [0.29, 0.717) is 18.3 Å². The van der Waals surface area contributed by atoms with Crippen LogP contribution in [0.4, 0.5) is 0 Å². The van der Waals surface area contributed by atoms with Crippen LogP contribution >= 0.6 is 0 Å². The number of aryl methyl sites for hydroxylation is 2. The number of piperidine rings is 1. The lowest BCUT2D eigenvalue weighted by Crippen LogP contribution is -2.45. The number of amides is 1. The highest BCUT2D eigenvalue weighted by atomic mass is 16.5. The lowest BCUT2D eigenvalue weighted by atomic mass is 9.96. The SMILES string of the molecule is Cc1cccc(-c2noc(CN3CCCC(C(=O)NC(C)CCc4ccccc4)C3)n2)c1. The summed E-state index contributed by atoms with van der Waals surface area (Å²) < 4.78 is 5.49. The van der Waals surface area contributed by atoms with Gasteiger partial charge in [-0.05, 0) is 57.7 Å². The second-order valence-corrected chi connectivity index (χ2v) is 8.89. The van der Waals surface area contributed by atoms with Gasteiger partial charge < -0.3 is 9.84 Å². The number of benzene rings is 2. The van der Waals surface area contributed by atoms with Crippen molar-refractivity contribution < 1.29 is 9.32 Å². The van der Waals surface area contributed by atoms with Crippen molar-refractivity contribution in [2.75, 3.05) is 13.1 Å². The highest BCUT2D eigenvalue weighted by Gasteiger charge is 2.27. The molecule has 0 spiro atoms. The molecule has 6 heteroatoms. The van der Waals surface area contributed by atoms with Crippen molar-refractivity contribution in [2.45, 2.75) is 52.1 Å². The lowest BCUT2D eigenvalue weighted by Gasteiger charge is -2.31. The molecule has 32 heavy (non-hydrogen) atoms. The Morgan fingerprint density at radius 3 is 2.88 bits per heavy atom. The van der Waals surface area contributed by atoms with Gasteiger partial charge in [0.2, 0.25) is 17.6 Å². The van der Waals surface area contributed by atoms with Crippen molar-refractivity contribution in [3.63, 3.8) is 0 Å². The maximum atomic E-state index is 12.8.